The average molecular weight is 330 g/mol. The van der Waals surface area contributed by atoms with Gasteiger partial charge in [-0.2, -0.15) is 0 Å². The van der Waals surface area contributed by atoms with Crippen LogP contribution in [-0.4, -0.2) is 26.9 Å². The number of alkyl halides is 1. The predicted molar refractivity (Wildman–Crippen MR) is 75.8 cm³/mol. The summed E-state index contributed by atoms with van der Waals surface area (Å²) in [7, 11) is 2.23. The van der Waals surface area contributed by atoms with Crippen molar-refractivity contribution >= 4 is 22.6 Å². The molecule has 16 heavy (non-hydrogen) atoms. The van der Waals surface area contributed by atoms with Gasteiger partial charge in [0, 0.05) is 22.7 Å². The summed E-state index contributed by atoms with van der Waals surface area (Å²) in [4.78, 5) is 6.85. The van der Waals surface area contributed by atoms with E-state index >= 15 is 0 Å². The number of pyridine rings is 1. The van der Waals surface area contributed by atoms with Crippen molar-refractivity contribution in [3.8, 4) is 0 Å². The van der Waals surface area contributed by atoms with Gasteiger partial charge in [-0.25, -0.2) is 0 Å². The van der Waals surface area contributed by atoms with E-state index in [2.05, 4.69) is 51.7 Å². The van der Waals surface area contributed by atoms with Crippen molar-refractivity contribution in [3.63, 3.8) is 0 Å². The van der Waals surface area contributed by atoms with E-state index in [0.717, 1.165) is 16.5 Å². The smallest absolute Gasteiger partial charge is 0.0543 e. The molecule has 0 bridgehead atoms. The lowest BCUT2D eigenvalue weighted by atomic mass is 9.94. The minimum absolute atomic E-state index is 0.757. The third-order valence-electron chi connectivity index (χ3n) is 3.39. The SMILES string of the molecule is CN(Cc1ccccn1)[C@H]1CC[C@@H](I)CC1. The number of nitrogens with zero attached hydrogens (tertiary/aromatic N) is 2. The fourth-order valence-corrected chi connectivity index (χ4v) is 3.07. The van der Waals surface area contributed by atoms with Gasteiger partial charge in [-0.3, -0.25) is 9.88 Å². The Hall–Kier alpha value is -0.160. The summed E-state index contributed by atoms with van der Waals surface area (Å²) in [6.07, 6.45) is 7.31. The lowest BCUT2D eigenvalue weighted by Gasteiger charge is -2.32. The number of rotatable bonds is 3. The molecule has 0 radical (unpaired) electrons. The number of halogens is 1. The molecule has 0 aliphatic heterocycles. The quantitative estimate of drug-likeness (QED) is 0.625. The molecule has 0 saturated heterocycles. The van der Waals surface area contributed by atoms with Crippen LogP contribution < -0.4 is 0 Å². The maximum Gasteiger partial charge on any atom is 0.0543 e. The second kappa shape index (κ2) is 5.96. The van der Waals surface area contributed by atoms with E-state index in [0.29, 0.717) is 0 Å². The van der Waals surface area contributed by atoms with Crippen LogP contribution in [0.4, 0.5) is 0 Å². The summed E-state index contributed by atoms with van der Waals surface area (Å²) in [5, 5.41) is 0. The van der Waals surface area contributed by atoms with Crippen molar-refractivity contribution in [2.24, 2.45) is 0 Å². The number of aromatic nitrogens is 1. The highest BCUT2D eigenvalue weighted by Crippen LogP contribution is 2.27. The van der Waals surface area contributed by atoms with Crippen LogP contribution in [-0.2, 0) is 6.54 Å². The highest BCUT2D eigenvalue weighted by molar-refractivity contribution is 14.1. The molecule has 1 aromatic heterocycles. The molecule has 0 N–H and O–H groups in total. The van der Waals surface area contributed by atoms with Crippen LogP contribution in [0.3, 0.4) is 0 Å². The summed E-state index contributed by atoms with van der Waals surface area (Å²) in [5.41, 5.74) is 1.18. The van der Waals surface area contributed by atoms with Crippen molar-refractivity contribution < 1.29 is 0 Å². The van der Waals surface area contributed by atoms with Gasteiger partial charge in [-0.15, -0.1) is 0 Å². The minimum atomic E-state index is 0.757. The molecule has 1 aliphatic carbocycles. The number of hydrogen-bond acceptors (Lipinski definition) is 2. The highest BCUT2D eigenvalue weighted by atomic mass is 127. The summed E-state index contributed by atoms with van der Waals surface area (Å²) in [6, 6.07) is 6.91. The van der Waals surface area contributed by atoms with Crippen molar-refractivity contribution in [3.05, 3.63) is 30.1 Å². The molecule has 0 unspecified atom stereocenters. The third-order valence-corrected chi connectivity index (χ3v) is 4.63. The Kier molecular flexibility index (Phi) is 4.58. The fraction of sp³-hybridized carbons (Fsp3) is 0.615. The van der Waals surface area contributed by atoms with E-state index < -0.39 is 0 Å². The third kappa shape index (κ3) is 3.42. The molecule has 1 aliphatic rings. The Bertz CT molecular complexity index is 307. The zero-order valence-corrected chi connectivity index (χ0v) is 11.9. The van der Waals surface area contributed by atoms with Gasteiger partial charge in [0.05, 0.1) is 5.69 Å². The Morgan fingerprint density at radius 1 is 1.31 bits per heavy atom. The maximum atomic E-state index is 4.39. The van der Waals surface area contributed by atoms with Crippen LogP contribution in [0.5, 0.6) is 0 Å². The van der Waals surface area contributed by atoms with Gasteiger partial charge in [0.2, 0.25) is 0 Å². The van der Waals surface area contributed by atoms with E-state index in [9.17, 15) is 0 Å². The Morgan fingerprint density at radius 2 is 2.06 bits per heavy atom. The summed E-state index contributed by atoms with van der Waals surface area (Å²) >= 11 is 2.58. The molecule has 2 rings (SSSR count). The molecule has 88 valence electrons. The predicted octanol–water partition coefficient (Wildman–Crippen LogP) is 3.26. The average Bonchev–Trinajstić information content (AvgIpc) is 2.31. The molecular formula is C13H19IN2. The normalized spacial score (nSPS) is 25.9. The lowest BCUT2D eigenvalue weighted by Crippen LogP contribution is -2.35. The molecule has 0 spiro atoms. The molecule has 0 amide bonds. The molecule has 1 saturated carbocycles. The molecule has 3 heteroatoms. The van der Waals surface area contributed by atoms with Crippen molar-refractivity contribution in [2.75, 3.05) is 7.05 Å². The second-order valence-corrected chi connectivity index (χ2v) is 6.40. The van der Waals surface area contributed by atoms with Crippen molar-refractivity contribution in [1.82, 2.24) is 9.88 Å². The van der Waals surface area contributed by atoms with E-state index in [1.807, 2.05) is 12.3 Å². The number of hydrogen-bond donors (Lipinski definition) is 0. The van der Waals surface area contributed by atoms with Crippen molar-refractivity contribution in [1.29, 1.82) is 0 Å². The zero-order valence-electron chi connectivity index (χ0n) is 9.77. The van der Waals surface area contributed by atoms with E-state index in [-0.39, 0.29) is 0 Å². The van der Waals surface area contributed by atoms with Crippen LogP contribution in [0.2, 0.25) is 0 Å². The van der Waals surface area contributed by atoms with Gasteiger partial charge in [0.1, 0.15) is 0 Å². The minimum Gasteiger partial charge on any atom is -0.298 e. The van der Waals surface area contributed by atoms with Crippen LogP contribution in [0.1, 0.15) is 31.4 Å². The van der Waals surface area contributed by atoms with Crippen molar-refractivity contribution in [2.45, 2.75) is 42.2 Å². The molecule has 1 aromatic rings. The fourth-order valence-electron chi connectivity index (χ4n) is 2.35. The molecule has 0 atom stereocenters. The Morgan fingerprint density at radius 3 is 2.69 bits per heavy atom. The molecule has 1 heterocycles. The van der Waals surface area contributed by atoms with E-state index in [4.69, 9.17) is 0 Å². The summed E-state index contributed by atoms with van der Waals surface area (Å²) in [5.74, 6) is 0. The van der Waals surface area contributed by atoms with Gasteiger partial charge in [0.15, 0.2) is 0 Å². The van der Waals surface area contributed by atoms with E-state index in [1.54, 1.807) is 0 Å². The maximum absolute atomic E-state index is 4.39. The van der Waals surface area contributed by atoms with E-state index in [1.165, 1.54) is 31.4 Å². The monoisotopic (exact) mass is 330 g/mol. The zero-order chi connectivity index (χ0) is 11.4. The van der Waals surface area contributed by atoms with Crippen LogP contribution in [0.25, 0.3) is 0 Å². The first-order chi connectivity index (χ1) is 7.75. The lowest BCUT2D eigenvalue weighted by molar-refractivity contribution is 0.186. The first kappa shape index (κ1) is 12.3. The molecule has 2 nitrogen and oxygen atoms in total. The van der Waals surface area contributed by atoms with Gasteiger partial charge in [-0.05, 0) is 44.9 Å². The second-order valence-electron chi connectivity index (χ2n) is 4.64. The van der Waals surface area contributed by atoms with Gasteiger partial charge in [0.25, 0.3) is 0 Å². The van der Waals surface area contributed by atoms with Gasteiger partial charge >= 0.3 is 0 Å². The first-order valence-electron chi connectivity index (χ1n) is 6.00. The largest absolute Gasteiger partial charge is 0.298 e. The standard InChI is InChI=1S/C13H19IN2/c1-16(10-12-4-2-3-9-15-12)13-7-5-11(14)6-8-13/h2-4,9,11,13H,5-8,10H2,1H3/t11-,13+. The Labute approximate surface area is 112 Å². The van der Waals surface area contributed by atoms with Crippen LogP contribution in [0, 0.1) is 0 Å². The molecule has 0 aromatic carbocycles. The molecular weight excluding hydrogens is 311 g/mol. The first-order valence-corrected chi connectivity index (χ1v) is 7.24. The van der Waals surface area contributed by atoms with Crippen LogP contribution in [0.15, 0.2) is 24.4 Å². The topological polar surface area (TPSA) is 16.1 Å². The van der Waals surface area contributed by atoms with Crippen LogP contribution >= 0.6 is 22.6 Å². The summed E-state index contributed by atoms with van der Waals surface area (Å²) in [6.45, 7) is 0.984. The Balaban J connectivity index is 1.86. The van der Waals surface area contributed by atoms with Gasteiger partial charge in [-0.1, -0.05) is 28.7 Å². The van der Waals surface area contributed by atoms with Gasteiger partial charge < -0.3 is 0 Å². The summed E-state index contributed by atoms with van der Waals surface area (Å²) < 4.78 is 0.900. The highest BCUT2D eigenvalue weighted by Gasteiger charge is 2.22. The molecule has 1 fully saturated rings.